The zero-order chi connectivity index (χ0) is 25.3. The van der Waals surface area contributed by atoms with Crippen molar-refractivity contribution in [2.45, 2.75) is 109 Å². The number of halogens is 1. The smallest absolute Gasteiger partial charge is 0.158 e. The highest BCUT2D eigenvalue weighted by molar-refractivity contribution is 5.21. The first-order chi connectivity index (χ1) is 17.6. The quantitative estimate of drug-likeness (QED) is 0.305. The number of fused-ring (bicyclic) bond motifs is 1. The van der Waals surface area contributed by atoms with Gasteiger partial charge >= 0.3 is 0 Å². The third-order valence-electron chi connectivity index (χ3n) is 8.30. The molecule has 6 heteroatoms. The molecule has 0 aromatic carbocycles. The number of rotatable bonds is 9. The van der Waals surface area contributed by atoms with Gasteiger partial charge in [0.2, 0.25) is 0 Å². The number of aliphatic hydroxyl groups excluding tert-OH is 1. The monoisotopic (exact) mass is 504 g/mol. The van der Waals surface area contributed by atoms with Crippen LogP contribution in [0.3, 0.4) is 0 Å². The fraction of sp³-hybridized carbons (Fsp3) is 0.800. The van der Waals surface area contributed by atoms with Crippen molar-refractivity contribution in [2.75, 3.05) is 19.8 Å². The number of aliphatic hydroxyl groups is 1. The summed E-state index contributed by atoms with van der Waals surface area (Å²) >= 11 is 0. The lowest BCUT2D eigenvalue weighted by molar-refractivity contribution is -0.193. The molecule has 0 amide bonds. The number of allylic oxidation sites excluding steroid dienone is 1. The van der Waals surface area contributed by atoms with Crippen molar-refractivity contribution in [3.63, 3.8) is 0 Å². The van der Waals surface area contributed by atoms with E-state index in [9.17, 15) is 9.50 Å². The Morgan fingerprint density at radius 2 is 1.86 bits per heavy atom. The Kier molecular flexibility index (Phi) is 10.9. The summed E-state index contributed by atoms with van der Waals surface area (Å²) in [7, 11) is 0. The van der Waals surface area contributed by atoms with Crippen LogP contribution in [0.4, 0.5) is 4.39 Å². The first kappa shape index (κ1) is 27.8. The van der Waals surface area contributed by atoms with E-state index in [2.05, 4.69) is 37.8 Å². The lowest BCUT2D eigenvalue weighted by Crippen LogP contribution is -2.32. The number of hydrogen-bond donors (Lipinski definition) is 1. The minimum absolute atomic E-state index is 0.0554. The molecule has 2 saturated carbocycles. The first-order valence-corrected chi connectivity index (χ1v) is 14.2. The van der Waals surface area contributed by atoms with Gasteiger partial charge in [-0.25, -0.2) is 4.39 Å². The summed E-state index contributed by atoms with van der Waals surface area (Å²) in [6, 6.07) is 0. The normalized spacial score (nSPS) is 35.8. The van der Waals surface area contributed by atoms with Crippen LogP contribution in [-0.4, -0.2) is 49.7 Å². The Morgan fingerprint density at radius 3 is 2.53 bits per heavy atom. The molecule has 202 valence electrons. The van der Waals surface area contributed by atoms with Crippen molar-refractivity contribution in [2.24, 2.45) is 23.7 Å². The van der Waals surface area contributed by atoms with Gasteiger partial charge in [-0.1, -0.05) is 26.0 Å². The van der Waals surface area contributed by atoms with Crippen LogP contribution in [0, 0.1) is 35.5 Å². The largest absolute Gasteiger partial charge is 0.389 e. The second kappa shape index (κ2) is 14.1. The molecule has 2 aliphatic carbocycles. The Balaban J connectivity index is 1.51. The van der Waals surface area contributed by atoms with Gasteiger partial charge in [0.05, 0.1) is 18.8 Å². The molecule has 2 saturated heterocycles. The molecule has 1 N–H and O–H groups in total. The molecule has 3 unspecified atom stereocenters. The molecule has 4 fully saturated rings. The van der Waals surface area contributed by atoms with Crippen molar-refractivity contribution in [1.29, 1.82) is 0 Å². The predicted molar refractivity (Wildman–Crippen MR) is 137 cm³/mol. The summed E-state index contributed by atoms with van der Waals surface area (Å²) in [5, 5.41) is 9.35. The highest BCUT2D eigenvalue weighted by Crippen LogP contribution is 2.52. The molecule has 0 bridgehead atoms. The molecule has 8 atom stereocenters. The third-order valence-corrected chi connectivity index (χ3v) is 8.30. The molecular formula is C30H45FO5. The van der Waals surface area contributed by atoms with E-state index in [-0.39, 0.29) is 42.5 Å². The van der Waals surface area contributed by atoms with Crippen LogP contribution in [0.1, 0.15) is 84.5 Å². The highest BCUT2D eigenvalue weighted by atomic mass is 19.1. The van der Waals surface area contributed by atoms with E-state index in [1.54, 1.807) is 0 Å². The summed E-state index contributed by atoms with van der Waals surface area (Å²) in [5.74, 6) is 7.20. The van der Waals surface area contributed by atoms with E-state index in [0.29, 0.717) is 24.7 Å². The molecule has 0 radical (unpaired) electrons. The van der Waals surface area contributed by atoms with Gasteiger partial charge in [-0.2, -0.15) is 0 Å². The van der Waals surface area contributed by atoms with Gasteiger partial charge in [0.1, 0.15) is 5.83 Å². The summed E-state index contributed by atoms with van der Waals surface area (Å²) < 4.78 is 39.1. The Bertz CT molecular complexity index is 802. The summed E-state index contributed by atoms with van der Waals surface area (Å²) in [5.41, 5.74) is 0.782. The van der Waals surface area contributed by atoms with Crippen molar-refractivity contribution < 1.29 is 28.4 Å². The molecule has 2 aliphatic heterocycles. The van der Waals surface area contributed by atoms with E-state index in [1.165, 1.54) is 0 Å². The molecule has 36 heavy (non-hydrogen) atoms. The van der Waals surface area contributed by atoms with Gasteiger partial charge in [-0.05, 0) is 81.1 Å². The maximum Gasteiger partial charge on any atom is 0.158 e. The lowest BCUT2D eigenvalue weighted by atomic mass is 9.89. The first-order valence-electron chi connectivity index (χ1n) is 14.2. The minimum atomic E-state index is -0.501. The topological polar surface area (TPSA) is 57.2 Å². The zero-order valence-corrected chi connectivity index (χ0v) is 22.1. The van der Waals surface area contributed by atoms with Crippen LogP contribution in [0.2, 0.25) is 0 Å². The molecule has 0 spiro atoms. The van der Waals surface area contributed by atoms with Crippen LogP contribution in [0.5, 0.6) is 0 Å². The van der Waals surface area contributed by atoms with Gasteiger partial charge in [0, 0.05) is 32.0 Å². The Labute approximate surface area is 216 Å². The maximum absolute atomic E-state index is 14.3. The standard InChI is InChI=1S/C30H45FO5/c1-3-4-5-10-21(2)27(35-29-11-6-8-15-33-29)14-13-24-25-18-23(26(31)20-32)17-22(25)19-28(24)36-30-12-7-9-16-34-30/h13-14,21-22,24-25,27-30,32H,3,6-12,15-20H2,1-2H3/b14-13?,26-23+/t21?,22-,24+,25-,27+,28+,29?,30?/m0/s1. The van der Waals surface area contributed by atoms with E-state index >= 15 is 0 Å². The fourth-order valence-electron chi connectivity index (χ4n) is 6.28. The third kappa shape index (κ3) is 7.42. The van der Waals surface area contributed by atoms with Gasteiger partial charge in [0.25, 0.3) is 0 Å². The maximum atomic E-state index is 14.3. The van der Waals surface area contributed by atoms with Crippen LogP contribution in [0.25, 0.3) is 0 Å². The van der Waals surface area contributed by atoms with Crippen LogP contribution >= 0.6 is 0 Å². The van der Waals surface area contributed by atoms with Crippen molar-refractivity contribution in [1.82, 2.24) is 0 Å². The van der Waals surface area contributed by atoms with Crippen molar-refractivity contribution in [3.8, 4) is 11.8 Å². The molecule has 0 aromatic rings. The second-order valence-electron chi connectivity index (χ2n) is 11.0. The van der Waals surface area contributed by atoms with E-state index in [1.807, 2.05) is 0 Å². The predicted octanol–water partition coefficient (Wildman–Crippen LogP) is 6.07. The zero-order valence-electron chi connectivity index (χ0n) is 22.1. The van der Waals surface area contributed by atoms with E-state index in [4.69, 9.17) is 18.9 Å². The Morgan fingerprint density at radius 1 is 1.11 bits per heavy atom. The summed E-state index contributed by atoms with van der Waals surface area (Å²) in [6.07, 6.45) is 14.3. The van der Waals surface area contributed by atoms with Gasteiger partial charge < -0.3 is 24.1 Å². The van der Waals surface area contributed by atoms with Gasteiger partial charge in [-0.3, -0.25) is 0 Å². The summed E-state index contributed by atoms with van der Waals surface area (Å²) in [6.45, 7) is 5.26. The molecule has 2 heterocycles. The SMILES string of the molecule is CCC#CCC(C)[C@@H](C=C[C@@H]1[C@H]2C/C(=C(/F)CO)C[C@H]2C[C@H]1OC1CCCCO1)OC1CCCCO1. The minimum Gasteiger partial charge on any atom is -0.389 e. The van der Waals surface area contributed by atoms with Crippen LogP contribution in [-0.2, 0) is 18.9 Å². The van der Waals surface area contributed by atoms with Gasteiger partial charge in [0.15, 0.2) is 12.6 Å². The number of hydrogen-bond acceptors (Lipinski definition) is 5. The second-order valence-corrected chi connectivity index (χ2v) is 11.0. The van der Waals surface area contributed by atoms with E-state index in [0.717, 1.165) is 76.6 Å². The molecule has 4 rings (SSSR count). The molecule has 0 aromatic heterocycles. The fourth-order valence-corrected chi connectivity index (χ4v) is 6.28. The lowest BCUT2D eigenvalue weighted by Gasteiger charge is -2.31. The average Bonchev–Trinajstić information content (AvgIpc) is 3.45. The Hall–Kier alpha value is -1.23. The van der Waals surface area contributed by atoms with Crippen LogP contribution < -0.4 is 0 Å². The van der Waals surface area contributed by atoms with Crippen LogP contribution in [0.15, 0.2) is 23.6 Å². The van der Waals surface area contributed by atoms with Gasteiger partial charge in [-0.15, -0.1) is 11.8 Å². The average molecular weight is 505 g/mol. The highest BCUT2D eigenvalue weighted by Gasteiger charge is 2.48. The van der Waals surface area contributed by atoms with Crippen molar-refractivity contribution in [3.05, 3.63) is 23.6 Å². The van der Waals surface area contributed by atoms with Crippen molar-refractivity contribution >= 4 is 0 Å². The van der Waals surface area contributed by atoms with E-state index < -0.39 is 6.61 Å². The number of ether oxygens (including phenoxy) is 4. The molecule has 5 nitrogen and oxygen atoms in total. The molecule has 4 aliphatic rings. The molecular weight excluding hydrogens is 459 g/mol. The summed E-state index contributed by atoms with van der Waals surface area (Å²) in [4.78, 5) is 0.